The van der Waals surface area contributed by atoms with Gasteiger partial charge in [0.15, 0.2) is 16.8 Å². The van der Waals surface area contributed by atoms with Crippen molar-refractivity contribution < 1.29 is 14.5 Å². The fraction of sp³-hybridized carbons (Fsp3) is 0.304. The fourth-order valence-corrected chi connectivity index (χ4v) is 3.79. The summed E-state index contributed by atoms with van der Waals surface area (Å²) in [5, 5.41) is 12.4. The molecule has 1 heterocycles. The average Bonchev–Trinajstić information content (AvgIpc) is 3.14. The SMILES string of the molecule is CC(=O)c1cccc(NC(=O)CSc2nnc([C@H](C)[NH+](C)C)n2Cc2ccccc2)c1. The molecule has 0 spiro atoms. The van der Waals surface area contributed by atoms with Crippen molar-refractivity contribution in [3.8, 4) is 0 Å². The number of rotatable bonds is 9. The Morgan fingerprint density at radius 3 is 2.52 bits per heavy atom. The zero-order chi connectivity index (χ0) is 22.4. The average molecular weight is 439 g/mol. The van der Waals surface area contributed by atoms with Crippen molar-refractivity contribution >= 4 is 29.1 Å². The number of hydrogen-bond donors (Lipinski definition) is 2. The van der Waals surface area contributed by atoms with E-state index in [0.717, 1.165) is 11.4 Å². The molecular weight excluding hydrogens is 410 g/mol. The standard InChI is InChI=1S/C23H27N5O2S/c1-16(27(3)4)22-25-26-23(28(22)14-18-9-6-5-7-10-18)31-15-21(30)24-20-12-8-11-19(13-20)17(2)29/h5-13,16H,14-15H2,1-4H3,(H,24,30)/p+1/t16-/m0/s1. The molecule has 1 aromatic heterocycles. The molecule has 0 aliphatic heterocycles. The van der Waals surface area contributed by atoms with Gasteiger partial charge in [-0.05, 0) is 31.5 Å². The minimum atomic E-state index is -0.159. The minimum absolute atomic E-state index is 0.0378. The molecule has 2 N–H and O–H groups in total. The number of thioether (sulfide) groups is 1. The van der Waals surface area contributed by atoms with Gasteiger partial charge < -0.3 is 10.2 Å². The lowest BCUT2D eigenvalue weighted by Crippen LogP contribution is -3.05. The number of aromatic nitrogens is 3. The third kappa shape index (κ3) is 6.02. The lowest BCUT2D eigenvalue weighted by atomic mass is 10.1. The number of hydrogen-bond acceptors (Lipinski definition) is 5. The van der Waals surface area contributed by atoms with Crippen LogP contribution >= 0.6 is 11.8 Å². The van der Waals surface area contributed by atoms with E-state index < -0.39 is 0 Å². The van der Waals surface area contributed by atoms with Crippen LogP contribution in [0.4, 0.5) is 5.69 Å². The topological polar surface area (TPSA) is 81.3 Å². The minimum Gasteiger partial charge on any atom is -0.331 e. The molecule has 0 unspecified atom stereocenters. The van der Waals surface area contributed by atoms with Gasteiger partial charge in [0, 0.05) is 11.3 Å². The van der Waals surface area contributed by atoms with Crippen molar-refractivity contribution in [2.75, 3.05) is 25.2 Å². The van der Waals surface area contributed by atoms with Crippen LogP contribution in [0.5, 0.6) is 0 Å². The predicted octanol–water partition coefficient (Wildman–Crippen LogP) is 2.47. The lowest BCUT2D eigenvalue weighted by Gasteiger charge is -2.18. The van der Waals surface area contributed by atoms with Gasteiger partial charge in [-0.25, -0.2) is 0 Å². The summed E-state index contributed by atoms with van der Waals surface area (Å²) in [4.78, 5) is 25.3. The number of Topliss-reactive ketones (excluding diaryl/α,β-unsaturated/α-hetero) is 1. The number of carbonyl (C=O) groups is 2. The van der Waals surface area contributed by atoms with Crippen LogP contribution in [0, 0.1) is 0 Å². The summed E-state index contributed by atoms with van der Waals surface area (Å²) in [6, 6.07) is 17.2. The maximum Gasteiger partial charge on any atom is 0.234 e. The van der Waals surface area contributed by atoms with E-state index in [-0.39, 0.29) is 23.5 Å². The smallest absolute Gasteiger partial charge is 0.234 e. The van der Waals surface area contributed by atoms with Gasteiger partial charge >= 0.3 is 0 Å². The third-order valence-corrected chi connectivity index (χ3v) is 6.03. The van der Waals surface area contributed by atoms with E-state index in [1.54, 1.807) is 24.3 Å². The van der Waals surface area contributed by atoms with Gasteiger partial charge in [0.05, 0.1) is 26.4 Å². The third-order valence-electron chi connectivity index (χ3n) is 5.07. The molecule has 0 fully saturated rings. The summed E-state index contributed by atoms with van der Waals surface area (Å²) >= 11 is 1.36. The molecule has 0 saturated heterocycles. The van der Waals surface area contributed by atoms with Gasteiger partial charge in [0.25, 0.3) is 0 Å². The first-order valence-corrected chi connectivity index (χ1v) is 11.1. The van der Waals surface area contributed by atoms with Crippen molar-refractivity contribution in [2.45, 2.75) is 31.6 Å². The summed E-state index contributed by atoms with van der Waals surface area (Å²) in [7, 11) is 4.17. The normalized spacial score (nSPS) is 12.0. The highest BCUT2D eigenvalue weighted by Crippen LogP contribution is 2.22. The van der Waals surface area contributed by atoms with Crippen LogP contribution < -0.4 is 10.2 Å². The monoisotopic (exact) mass is 438 g/mol. The molecule has 0 aliphatic carbocycles. The maximum absolute atomic E-state index is 12.5. The van der Waals surface area contributed by atoms with E-state index in [0.29, 0.717) is 23.0 Å². The second-order valence-corrected chi connectivity index (χ2v) is 8.63. The summed E-state index contributed by atoms with van der Waals surface area (Å²) in [6.45, 7) is 4.26. The van der Waals surface area contributed by atoms with Crippen LogP contribution in [-0.2, 0) is 11.3 Å². The van der Waals surface area contributed by atoms with Gasteiger partial charge in [-0.2, -0.15) is 0 Å². The van der Waals surface area contributed by atoms with E-state index in [2.05, 4.69) is 53.2 Å². The Bertz CT molecular complexity index is 1050. The predicted molar refractivity (Wildman–Crippen MR) is 123 cm³/mol. The highest BCUT2D eigenvalue weighted by atomic mass is 32.2. The maximum atomic E-state index is 12.5. The summed E-state index contributed by atoms with van der Waals surface area (Å²) in [5.74, 6) is 0.887. The molecule has 0 bridgehead atoms. The molecule has 7 nitrogen and oxygen atoms in total. The first kappa shape index (κ1) is 22.7. The number of amides is 1. The number of nitrogens with zero attached hydrogens (tertiary/aromatic N) is 3. The molecule has 1 amide bonds. The molecule has 0 radical (unpaired) electrons. The van der Waals surface area contributed by atoms with Crippen LogP contribution in [0.25, 0.3) is 0 Å². The number of benzene rings is 2. The van der Waals surface area contributed by atoms with Crippen LogP contribution in [-0.4, -0.2) is 46.3 Å². The summed E-state index contributed by atoms with van der Waals surface area (Å²) in [5.41, 5.74) is 2.32. The van der Waals surface area contributed by atoms with Crippen LogP contribution in [0.3, 0.4) is 0 Å². The molecule has 3 rings (SSSR count). The number of quaternary nitrogens is 1. The quantitative estimate of drug-likeness (QED) is 0.396. The fourth-order valence-electron chi connectivity index (χ4n) is 3.04. The van der Waals surface area contributed by atoms with E-state index in [9.17, 15) is 9.59 Å². The van der Waals surface area contributed by atoms with Gasteiger partial charge in [0.2, 0.25) is 5.91 Å². The second kappa shape index (κ2) is 10.4. The molecule has 162 valence electrons. The summed E-state index contributed by atoms with van der Waals surface area (Å²) < 4.78 is 2.08. The van der Waals surface area contributed by atoms with E-state index >= 15 is 0 Å². The van der Waals surface area contributed by atoms with Crippen molar-refractivity contribution in [3.05, 3.63) is 71.5 Å². The molecule has 31 heavy (non-hydrogen) atoms. The van der Waals surface area contributed by atoms with E-state index in [1.165, 1.54) is 23.6 Å². The molecular formula is C23H28N5O2S+. The molecule has 0 aliphatic rings. The zero-order valence-corrected chi connectivity index (χ0v) is 19.1. The Morgan fingerprint density at radius 1 is 1.10 bits per heavy atom. The Balaban J connectivity index is 1.74. The highest BCUT2D eigenvalue weighted by Gasteiger charge is 2.23. The Kier molecular flexibility index (Phi) is 7.59. The van der Waals surface area contributed by atoms with Gasteiger partial charge in [-0.1, -0.05) is 54.2 Å². The van der Waals surface area contributed by atoms with Crippen LogP contribution in [0.1, 0.15) is 41.6 Å². The second-order valence-electron chi connectivity index (χ2n) is 7.69. The first-order valence-electron chi connectivity index (χ1n) is 10.2. The van der Waals surface area contributed by atoms with Crippen molar-refractivity contribution in [1.29, 1.82) is 0 Å². The lowest BCUT2D eigenvalue weighted by molar-refractivity contribution is -0.890. The van der Waals surface area contributed by atoms with Crippen molar-refractivity contribution in [3.63, 3.8) is 0 Å². The van der Waals surface area contributed by atoms with Crippen molar-refractivity contribution in [1.82, 2.24) is 14.8 Å². The molecule has 1 atom stereocenters. The van der Waals surface area contributed by atoms with Crippen molar-refractivity contribution in [2.24, 2.45) is 0 Å². The van der Waals surface area contributed by atoms with Crippen LogP contribution in [0.15, 0.2) is 59.8 Å². The molecule has 0 saturated carbocycles. The number of nitrogens with one attached hydrogen (secondary N) is 2. The molecule has 2 aromatic carbocycles. The zero-order valence-electron chi connectivity index (χ0n) is 18.3. The Morgan fingerprint density at radius 2 is 1.84 bits per heavy atom. The molecule has 3 aromatic rings. The van der Waals surface area contributed by atoms with E-state index in [4.69, 9.17) is 0 Å². The number of carbonyl (C=O) groups excluding carboxylic acids is 2. The largest absolute Gasteiger partial charge is 0.331 e. The summed E-state index contributed by atoms with van der Waals surface area (Å²) in [6.07, 6.45) is 0. The highest BCUT2D eigenvalue weighted by molar-refractivity contribution is 7.99. The Labute approximate surface area is 186 Å². The first-order chi connectivity index (χ1) is 14.8. The van der Waals surface area contributed by atoms with Gasteiger partial charge in [-0.15, -0.1) is 10.2 Å². The van der Waals surface area contributed by atoms with E-state index in [1.807, 2.05) is 18.2 Å². The van der Waals surface area contributed by atoms with Gasteiger partial charge in [-0.3, -0.25) is 14.2 Å². The number of anilines is 1. The Hall–Kier alpha value is -2.97. The van der Waals surface area contributed by atoms with Gasteiger partial charge in [0.1, 0.15) is 6.04 Å². The molecule has 8 heteroatoms. The number of ketones is 1. The van der Waals surface area contributed by atoms with Crippen LogP contribution in [0.2, 0.25) is 0 Å².